The molecule has 1 aliphatic rings. The third-order valence-corrected chi connectivity index (χ3v) is 4.14. The summed E-state index contributed by atoms with van der Waals surface area (Å²) in [5.74, 6) is 0.583. The van der Waals surface area contributed by atoms with Crippen LogP contribution >= 0.6 is 0 Å². The van der Waals surface area contributed by atoms with E-state index < -0.39 is 0 Å². The molecule has 0 saturated carbocycles. The van der Waals surface area contributed by atoms with Crippen molar-refractivity contribution in [1.82, 2.24) is 9.97 Å². The standard InChI is InChI=1S/C16H20N4O/c1-10-8-11(2)18-16-13(10)5-6-14(19-16)20-7-3-4-12(9-20)15(17)21/h5-6,8,12H,3-4,7,9H2,1-2H3,(H2,17,21). The normalized spacial score (nSPS) is 19.0. The average molecular weight is 284 g/mol. The van der Waals surface area contributed by atoms with Crippen LogP contribution in [0.25, 0.3) is 11.0 Å². The molecule has 1 saturated heterocycles. The van der Waals surface area contributed by atoms with Gasteiger partial charge in [0.15, 0.2) is 5.65 Å². The highest BCUT2D eigenvalue weighted by molar-refractivity contribution is 5.81. The summed E-state index contributed by atoms with van der Waals surface area (Å²) in [6.45, 7) is 5.61. The van der Waals surface area contributed by atoms with Gasteiger partial charge in [-0.1, -0.05) is 0 Å². The number of pyridine rings is 2. The first-order chi connectivity index (χ1) is 10.0. The molecule has 1 fully saturated rings. The van der Waals surface area contributed by atoms with Crippen molar-refractivity contribution < 1.29 is 4.79 Å². The number of carbonyl (C=O) groups excluding carboxylic acids is 1. The third-order valence-electron chi connectivity index (χ3n) is 4.14. The number of hydrogen-bond donors (Lipinski definition) is 1. The molecule has 0 aromatic carbocycles. The van der Waals surface area contributed by atoms with Gasteiger partial charge in [-0.25, -0.2) is 9.97 Å². The van der Waals surface area contributed by atoms with Gasteiger partial charge in [-0.05, 0) is 50.5 Å². The maximum atomic E-state index is 11.4. The number of carbonyl (C=O) groups is 1. The highest BCUT2D eigenvalue weighted by atomic mass is 16.1. The lowest BCUT2D eigenvalue weighted by molar-refractivity contribution is -0.122. The van der Waals surface area contributed by atoms with Crippen LogP contribution in [0.2, 0.25) is 0 Å². The Morgan fingerprint density at radius 1 is 1.33 bits per heavy atom. The number of rotatable bonds is 2. The predicted octanol–water partition coefficient (Wildman–Crippen LogP) is 1.95. The van der Waals surface area contributed by atoms with Crippen molar-refractivity contribution in [3.63, 3.8) is 0 Å². The minimum Gasteiger partial charge on any atom is -0.369 e. The van der Waals surface area contributed by atoms with E-state index in [0.717, 1.165) is 41.9 Å². The Labute approximate surface area is 124 Å². The highest BCUT2D eigenvalue weighted by Crippen LogP contribution is 2.24. The summed E-state index contributed by atoms with van der Waals surface area (Å²) >= 11 is 0. The second-order valence-corrected chi connectivity index (χ2v) is 5.81. The van der Waals surface area contributed by atoms with Gasteiger partial charge in [-0.2, -0.15) is 0 Å². The number of aryl methyl sites for hydroxylation is 2. The molecule has 5 heteroatoms. The molecule has 1 unspecified atom stereocenters. The second-order valence-electron chi connectivity index (χ2n) is 5.81. The molecule has 1 atom stereocenters. The molecule has 3 rings (SSSR count). The van der Waals surface area contributed by atoms with E-state index in [1.54, 1.807) is 0 Å². The summed E-state index contributed by atoms with van der Waals surface area (Å²) in [6, 6.07) is 6.14. The lowest BCUT2D eigenvalue weighted by Crippen LogP contribution is -2.41. The van der Waals surface area contributed by atoms with Crippen LogP contribution in [-0.2, 0) is 4.79 Å². The monoisotopic (exact) mass is 284 g/mol. The number of amides is 1. The number of hydrogen-bond acceptors (Lipinski definition) is 4. The Hall–Kier alpha value is -2.17. The van der Waals surface area contributed by atoms with Crippen LogP contribution in [0.5, 0.6) is 0 Å². The fourth-order valence-corrected chi connectivity index (χ4v) is 3.02. The summed E-state index contributed by atoms with van der Waals surface area (Å²) in [4.78, 5) is 22.7. The summed E-state index contributed by atoms with van der Waals surface area (Å²) in [5.41, 5.74) is 8.37. The van der Waals surface area contributed by atoms with Crippen LogP contribution in [0.4, 0.5) is 5.82 Å². The third kappa shape index (κ3) is 2.68. The summed E-state index contributed by atoms with van der Waals surface area (Å²) in [6.07, 6.45) is 1.84. The number of anilines is 1. The van der Waals surface area contributed by atoms with Crippen molar-refractivity contribution in [1.29, 1.82) is 0 Å². The topological polar surface area (TPSA) is 72.1 Å². The molecule has 1 aliphatic heterocycles. The SMILES string of the molecule is Cc1cc(C)c2ccc(N3CCCC(C(N)=O)C3)nc2n1. The molecule has 0 bridgehead atoms. The molecule has 0 radical (unpaired) electrons. The van der Waals surface area contributed by atoms with E-state index in [0.29, 0.717) is 6.54 Å². The Morgan fingerprint density at radius 3 is 2.90 bits per heavy atom. The largest absolute Gasteiger partial charge is 0.369 e. The molecule has 21 heavy (non-hydrogen) atoms. The first kappa shape index (κ1) is 13.8. The fourth-order valence-electron chi connectivity index (χ4n) is 3.02. The number of fused-ring (bicyclic) bond motifs is 1. The van der Waals surface area contributed by atoms with E-state index in [-0.39, 0.29) is 11.8 Å². The van der Waals surface area contributed by atoms with Crippen LogP contribution < -0.4 is 10.6 Å². The molecular weight excluding hydrogens is 264 g/mol. The van der Waals surface area contributed by atoms with Crippen molar-refractivity contribution in [3.05, 3.63) is 29.5 Å². The Kier molecular flexibility index (Phi) is 3.49. The molecule has 0 spiro atoms. The summed E-state index contributed by atoms with van der Waals surface area (Å²) in [7, 11) is 0. The van der Waals surface area contributed by atoms with Gasteiger partial charge >= 0.3 is 0 Å². The lowest BCUT2D eigenvalue weighted by atomic mass is 9.97. The van der Waals surface area contributed by atoms with Crippen molar-refractivity contribution in [2.24, 2.45) is 11.7 Å². The van der Waals surface area contributed by atoms with Gasteiger partial charge in [0, 0.05) is 24.2 Å². The van der Waals surface area contributed by atoms with Crippen molar-refractivity contribution in [3.8, 4) is 0 Å². The molecule has 3 heterocycles. The van der Waals surface area contributed by atoms with E-state index in [2.05, 4.69) is 33.9 Å². The van der Waals surface area contributed by atoms with E-state index >= 15 is 0 Å². The zero-order valence-corrected chi connectivity index (χ0v) is 12.5. The van der Waals surface area contributed by atoms with Gasteiger partial charge in [-0.3, -0.25) is 4.79 Å². The van der Waals surface area contributed by atoms with Crippen molar-refractivity contribution in [2.75, 3.05) is 18.0 Å². The van der Waals surface area contributed by atoms with Crippen LogP contribution in [0.3, 0.4) is 0 Å². The van der Waals surface area contributed by atoms with Gasteiger partial charge in [0.05, 0.1) is 5.92 Å². The number of aromatic nitrogens is 2. The van der Waals surface area contributed by atoms with Gasteiger partial charge < -0.3 is 10.6 Å². The van der Waals surface area contributed by atoms with E-state index in [4.69, 9.17) is 5.73 Å². The average Bonchev–Trinajstić information content (AvgIpc) is 2.46. The van der Waals surface area contributed by atoms with Crippen LogP contribution in [-0.4, -0.2) is 29.0 Å². The molecule has 2 aromatic rings. The number of nitrogens with two attached hydrogens (primary N) is 1. The van der Waals surface area contributed by atoms with Gasteiger partial charge in [0.1, 0.15) is 5.82 Å². The number of piperidine rings is 1. The van der Waals surface area contributed by atoms with E-state index in [1.165, 1.54) is 5.56 Å². The maximum absolute atomic E-state index is 11.4. The molecule has 110 valence electrons. The van der Waals surface area contributed by atoms with Crippen molar-refractivity contribution in [2.45, 2.75) is 26.7 Å². The van der Waals surface area contributed by atoms with Gasteiger partial charge in [0.25, 0.3) is 0 Å². The Bertz CT molecular complexity index is 698. The van der Waals surface area contributed by atoms with Gasteiger partial charge in [-0.15, -0.1) is 0 Å². The number of nitrogens with zero attached hydrogens (tertiary/aromatic N) is 3. The minimum atomic E-state index is -0.217. The van der Waals surface area contributed by atoms with Crippen LogP contribution in [0.1, 0.15) is 24.1 Å². The first-order valence-electron chi connectivity index (χ1n) is 7.34. The Balaban J connectivity index is 1.95. The predicted molar refractivity (Wildman–Crippen MR) is 83.1 cm³/mol. The fraction of sp³-hybridized carbons (Fsp3) is 0.438. The van der Waals surface area contributed by atoms with Crippen LogP contribution in [0.15, 0.2) is 18.2 Å². The first-order valence-corrected chi connectivity index (χ1v) is 7.34. The summed E-state index contributed by atoms with van der Waals surface area (Å²) in [5, 5.41) is 1.08. The summed E-state index contributed by atoms with van der Waals surface area (Å²) < 4.78 is 0. The van der Waals surface area contributed by atoms with E-state index in [1.807, 2.05) is 13.0 Å². The lowest BCUT2D eigenvalue weighted by Gasteiger charge is -2.32. The second kappa shape index (κ2) is 5.31. The maximum Gasteiger partial charge on any atom is 0.222 e. The minimum absolute atomic E-state index is 0.0801. The zero-order chi connectivity index (χ0) is 15.0. The molecule has 2 N–H and O–H groups in total. The molecular formula is C16H20N4O. The quantitative estimate of drug-likeness (QED) is 0.915. The molecule has 2 aromatic heterocycles. The van der Waals surface area contributed by atoms with Gasteiger partial charge in [0.2, 0.25) is 5.91 Å². The van der Waals surface area contributed by atoms with E-state index in [9.17, 15) is 4.79 Å². The molecule has 5 nitrogen and oxygen atoms in total. The van der Waals surface area contributed by atoms with Crippen LogP contribution in [0, 0.1) is 19.8 Å². The number of primary amides is 1. The molecule has 0 aliphatic carbocycles. The zero-order valence-electron chi connectivity index (χ0n) is 12.5. The Morgan fingerprint density at radius 2 is 2.14 bits per heavy atom. The highest BCUT2D eigenvalue weighted by Gasteiger charge is 2.24. The van der Waals surface area contributed by atoms with Crippen molar-refractivity contribution >= 4 is 22.8 Å². The smallest absolute Gasteiger partial charge is 0.222 e. The molecule has 1 amide bonds.